The average Bonchev–Trinajstić information content (AvgIpc) is 2.62. The Morgan fingerprint density at radius 3 is 2.61 bits per heavy atom. The first-order valence-corrected chi connectivity index (χ1v) is 6.04. The minimum atomic E-state index is -0.780. The highest BCUT2D eigenvalue weighted by Gasteiger charge is 2.16. The molecule has 0 spiro atoms. The van der Waals surface area contributed by atoms with E-state index in [0.717, 1.165) is 5.76 Å². The van der Waals surface area contributed by atoms with Crippen LogP contribution >= 0.6 is 11.6 Å². The second-order valence-electron chi connectivity index (χ2n) is 4.32. The summed E-state index contributed by atoms with van der Waals surface area (Å²) in [6.07, 6.45) is -0.582. The van der Waals surface area contributed by atoms with E-state index < -0.39 is 11.9 Å². The van der Waals surface area contributed by atoms with Crippen molar-refractivity contribution in [3.63, 3.8) is 0 Å². The second kappa shape index (κ2) is 5.12. The Kier molecular flexibility index (Phi) is 3.73. The lowest BCUT2D eigenvalue weighted by Gasteiger charge is -2.10. The third kappa shape index (κ3) is 2.74. The van der Waals surface area contributed by atoms with Gasteiger partial charge in [-0.2, -0.15) is 0 Å². The van der Waals surface area contributed by atoms with Crippen LogP contribution in [0.4, 0.5) is 4.39 Å². The molecule has 0 aliphatic heterocycles. The monoisotopic (exact) mass is 268 g/mol. The molecule has 0 amide bonds. The minimum absolute atomic E-state index is 0.197. The standard InChI is InChI=1S/C14H14ClFO2/c1-8-5-12(9(2)18-8)14(17)6-10-3-4-11(15)7-13(10)16/h3-5,7,14,17H,6H2,1-2H3. The fourth-order valence-corrected chi connectivity index (χ4v) is 2.15. The van der Waals surface area contributed by atoms with Crippen LogP contribution in [0.25, 0.3) is 0 Å². The summed E-state index contributed by atoms with van der Waals surface area (Å²) in [7, 11) is 0. The molecule has 1 aromatic heterocycles. The van der Waals surface area contributed by atoms with E-state index in [0.29, 0.717) is 21.9 Å². The SMILES string of the molecule is Cc1cc(C(O)Cc2ccc(Cl)cc2F)c(C)o1. The van der Waals surface area contributed by atoms with E-state index in [4.69, 9.17) is 16.0 Å². The molecule has 96 valence electrons. The molecule has 0 saturated heterocycles. The maximum absolute atomic E-state index is 13.6. The smallest absolute Gasteiger partial charge is 0.127 e. The van der Waals surface area contributed by atoms with Crippen LogP contribution in [0.1, 0.15) is 28.8 Å². The normalized spacial score (nSPS) is 12.7. The van der Waals surface area contributed by atoms with E-state index in [2.05, 4.69) is 0 Å². The number of furan rings is 1. The Labute approximate surface area is 110 Å². The Bertz CT molecular complexity index is 563. The molecule has 2 rings (SSSR count). The molecule has 0 bridgehead atoms. The molecular formula is C14H14ClFO2. The van der Waals surface area contributed by atoms with Crippen molar-refractivity contribution in [1.82, 2.24) is 0 Å². The van der Waals surface area contributed by atoms with Crippen molar-refractivity contribution in [3.05, 3.63) is 57.8 Å². The zero-order chi connectivity index (χ0) is 13.3. The molecule has 0 fully saturated rings. The van der Waals surface area contributed by atoms with E-state index in [-0.39, 0.29) is 6.42 Å². The Balaban J connectivity index is 2.21. The fourth-order valence-electron chi connectivity index (χ4n) is 1.99. The van der Waals surface area contributed by atoms with Crippen molar-refractivity contribution in [3.8, 4) is 0 Å². The van der Waals surface area contributed by atoms with E-state index in [1.165, 1.54) is 6.07 Å². The van der Waals surface area contributed by atoms with Crippen LogP contribution in [0.5, 0.6) is 0 Å². The summed E-state index contributed by atoms with van der Waals surface area (Å²) >= 11 is 5.68. The predicted molar refractivity (Wildman–Crippen MR) is 68.3 cm³/mol. The second-order valence-corrected chi connectivity index (χ2v) is 4.76. The lowest BCUT2D eigenvalue weighted by Crippen LogP contribution is -2.03. The minimum Gasteiger partial charge on any atom is -0.466 e. The molecule has 1 heterocycles. The van der Waals surface area contributed by atoms with Gasteiger partial charge in [0.1, 0.15) is 17.3 Å². The van der Waals surface area contributed by atoms with Gasteiger partial charge in [0.15, 0.2) is 0 Å². The van der Waals surface area contributed by atoms with Gasteiger partial charge in [0.25, 0.3) is 0 Å². The Morgan fingerprint density at radius 2 is 2.06 bits per heavy atom. The van der Waals surface area contributed by atoms with Crippen molar-refractivity contribution in [2.24, 2.45) is 0 Å². The lowest BCUT2D eigenvalue weighted by atomic mass is 10.0. The fraction of sp³-hybridized carbons (Fsp3) is 0.286. The zero-order valence-corrected chi connectivity index (χ0v) is 11.0. The first-order valence-electron chi connectivity index (χ1n) is 5.66. The highest BCUT2D eigenvalue weighted by Crippen LogP contribution is 2.26. The predicted octanol–water partition coefficient (Wildman–Crippen LogP) is 3.97. The van der Waals surface area contributed by atoms with Crippen molar-refractivity contribution in [1.29, 1.82) is 0 Å². The van der Waals surface area contributed by atoms with Gasteiger partial charge in [-0.3, -0.25) is 0 Å². The van der Waals surface area contributed by atoms with E-state index in [1.807, 2.05) is 6.92 Å². The molecular weight excluding hydrogens is 255 g/mol. The molecule has 18 heavy (non-hydrogen) atoms. The maximum atomic E-state index is 13.6. The topological polar surface area (TPSA) is 33.4 Å². The van der Waals surface area contributed by atoms with Gasteiger partial charge in [-0.15, -0.1) is 0 Å². The summed E-state index contributed by atoms with van der Waals surface area (Å²) in [5, 5.41) is 10.5. The molecule has 4 heteroatoms. The maximum Gasteiger partial charge on any atom is 0.127 e. The van der Waals surface area contributed by atoms with Crippen LogP contribution in [0, 0.1) is 19.7 Å². The summed E-state index contributed by atoms with van der Waals surface area (Å²) in [5.74, 6) is 0.993. The van der Waals surface area contributed by atoms with Gasteiger partial charge in [0.2, 0.25) is 0 Å². The number of halogens is 2. The van der Waals surface area contributed by atoms with Gasteiger partial charge in [0, 0.05) is 17.0 Å². The van der Waals surface area contributed by atoms with Crippen LogP contribution in [0.2, 0.25) is 5.02 Å². The molecule has 2 aromatic rings. The zero-order valence-electron chi connectivity index (χ0n) is 10.2. The molecule has 1 unspecified atom stereocenters. The number of aliphatic hydroxyl groups is 1. The molecule has 0 aliphatic rings. The third-order valence-corrected chi connectivity index (χ3v) is 3.10. The Morgan fingerprint density at radius 1 is 1.33 bits per heavy atom. The van der Waals surface area contributed by atoms with Crippen molar-refractivity contribution >= 4 is 11.6 Å². The summed E-state index contributed by atoms with van der Waals surface area (Å²) < 4.78 is 19.0. The van der Waals surface area contributed by atoms with Crippen LogP contribution in [0.15, 0.2) is 28.7 Å². The number of benzene rings is 1. The number of aryl methyl sites for hydroxylation is 2. The van der Waals surface area contributed by atoms with Gasteiger partial charge in [-0.25, -0.2) is 4.39 Å². The molecule has 1 atom stereocenters. The Hall–Kier alpha value is -1.32. The highest BCUT2D eigenvalue weighted by molar-refractivity contribution is 6.30. The molecule has 1 aromatic carbocycles. The average molecular weight is 269 g/mol. The van der Waals surface area contributed by atoms with E-state index in [1.54, 1.807) is 25.1 Å². The summed E-state index contributed by atoms with van der Waals surface area (Å²) in [6.45, 7) is 3.59. The van der Waals surface area contributed by atoms with Gasteiger partial charge < -0.3 is 9.52 Å². The molecule has 0 saturated carbocycles. The quantitative estimate of drug-likeness (QED) is 0.914. The van der Waals surface area contributed by atoms with Gasteiger partial charge in [0.05, 0.1) is 6.10 Å². The first kappa shape index (κ1) is 13.1. The number of hydrogen-bond donors (Lipinski definition) is 1. The first-order chi connectivity index (χ1) is 8.47. The van der Waals surface area contributed by atoms with E-state index >= 15 is 0 Å². The van der Waals surface area contributed by atoms with Gasteiger partial charge >= 0.3 is 0 Å². The van der Waals surface area contributed by atoms with Crippen molar-refractivity contribution < 1.29 is 13.9 Å². The van der Waals surface area contributed by atoms with Gasteiger partial charge in [-0.1, -0.05) is 17.7 Å². The number of rotatable bonds is 3. The molecule has 1 N–H and O–H groups in total. The number of hydrogen-bond acceptors (Lipinski definition) is 2. The van der Waals surface area contributed by atoms with Crippen LogP contribution in [-0.4, -0.2) is 5.11 Å². The molecule has 0 aliphatic carbocycles. The van der Waals surface area contributed by atoms with Crippen LogP contribution in [0.3, 0.4) is 0 Å². The van der Waals surface area contributed by atoms with Crippen molar-refractivity contribution in [2.75, 3.05) is 0 Å². The third-order valence-electron chi connectivity index (χ3n) is 2.87. The largest absolute Gasteiger partial charge is 0.466 e. The lowest BCUT2D eigenvalue weighted by molar-refractivity contribution is 0.175. The van der Waals surface area contributed by atoms with E-state index in [9.17, 15) is 9.50 Å². The number of aliphatic hydroxyl groups excluding tert-OH is 1. The molecule has 2 nitrogen and oxygen atoms in total. The highest BCUT2D eigenvalue weighted by atomic mass is 35.5. The van der Waals surface area contributed by atoms with Crippen LogP contribution in [-0.2, 0) is 6.42 Å². The molecule has 0 radical (unpaired) electrons. The summed E-state index contributed by atoms with van der Waals surface area (Å²) in [6, 6.07) is 6.22. The van der Waals surface area contributed by atoms with Gasteiger partial charge in [-0.05, 0) is 37.6 Å². The summed E-state index contributed by atoms with van der Waals surface area (Å²) in [4.78, 5) is 0. The van der Waals surface area contributed by atoms with Crippen LogP contribution < -0.4 is 0 Å². The summed E-state index contributed by atoms with van der Waals surface area (Å²) in [5.41, 5.74) is 1.13. The van der Waals surface area contributed by atoms with Crippen molar-refractivity contribution in [2.45, 2.75) is 26.4 Å².